The highest BCUT2D eigenvalue weighted by Crippen LogP contribution is 2.57. The van der Waals surface area contributed by atoms with Crippen molar-refractivity contribution in [3.8, 4) is 11.5 Å². The van der Waals surface area contributed by atoms with Crippen molar-refractivity contribution >= 4 is 5.91 Å². The summed E-state index contributed by atoms with van der Waals surface area (Å²) in [5, 5.41) is 0. The van der Waals surface area contributed by atoms with Gasteiger partial charge in [-0.2, -0.15) is 0 Å². The van der Waals surface area contributed by atoms with E-state index in [1.54, 1.807) is 14.2 Å². The zero-order valence-corrected chi connectivity index (χ0v) is 18.2. The van der Waals surface area contributed by atoms with Gasteiger partial charge in [0.15, 0.2) is 11.5 Å². The highest BCUT2D eigenvalue weighted by atomic mass is 16.5. The summed E-state index contributed by atoms with van der Waals surface area (Å²) in [4.78, 5) is 15.8. The number of hydrogen-bond acceptors (Lipinski definition) is 3. The lowest BCUT2D eigenvalue weighted by molar-refractivity contribution is -0.00393. The molecular formula is C25H31NO3. The predicted molar refractivity (Wildman–Crippen MR) is 115 cm³/mol. The summed E-state index contributed by atoms with van der Waals surface area (Å²) in [6.07, 6.45) is 3.90. The van der Waals surface area contributed by atoms with Gasteiger partial charge < -0.3 is 14.4 Å². The second kappa shape index (κ2) is 7.08. The molecule has 0 aromatic heterocycles. The molecule has 0 radical (unpaired) electrons. The normalized spacial score (nSPS) is 21.8. The van der Waals surface area contributed by atoms with E-state index in [2.05, 4.69) is 49.9 Å². The minimum absolute atomic E-state index is 0.150. The fraction of sp³-hybridized carbons (Fsp3) is 0.480. The molecule has 0 saturated carbocycles. The summed E-state index contributed by atoms with van der Waals surface area (Å²) >= 11 is 0. The van der Waals surface area contributed by atoms with Crippen LogP contribution in [0.25, 0.3) is 0 Å². The van der Waals surface area contributed by atoms with Crippen LogP contribution in [0.4, 0.5) is 0 Å². The SMILES string of the molecule is CCCCC12c3cc(OC)c(OC)cc3CCN1C(=O)c1ccccc1C2(C)C. The number of nitrogens with zero attached hydrogens (tertiary/aromatic N) is 1. The summed E-state index contributed by atoms with van der Waals surface area (Å²) in [5.74, 6) is 1.63. The molecule has 2 heterocycles. The molecular weight excluding hydrogens is 362 g/mol. The Kier molecular flexibility index (Phi) is 4.84. The first-order valence-electron chi connectivity index (χ1n) is 10.6. The molecule has 4 nitrogen and oxygen atoms in total. The van der Waals surface area contributed by atoms with Gasteiger partial charge in [-0.3, -0.25) is 4.79 Å². The number of benzene rings is 2. The molecule has 1 unspecified atom stereocenters. The van der Waals surface area contributed by atoms with Crippen molar-refractivity contribution < 1.29 is 14.3 Å². The Morgan fingerprint density at radius 2 is 1.72 bits per heavy atom. The number of amides is 1. The molecule has 4 heteroatoms. The topological polar surface area (TPSA) is 38.8 Å². The minimum atomic E-state index is -0.401. The van der Waals surface area contributed by atoms with Crippen LogP contribution in [0.1, 0.15) is 67.1 Å². The largest absolute Gasteiger partial charge is 0.493 e. The molecule has 0 aliphatic carbocycles. The molecule has 154 valence electrons. The van der Waals surface area contributed by atoms with Gasteiger partial charge in [0.25, 0.3) is 5.91 Å². The maximum absolute atomic E-state index is 13.7. The quantitative estimate of drug-likeness (QED) is 0.711. The molecule has 2 aromatic rings. The second-order valence-corrected chi connectivity index (χ2v) is 8.71. The molecule has 0 saturated heterocycles. The van der Waals surface area contributed by atoms with Crippen LogP contribution >= 0.6 is 0 Å². The number of carbonyl (C=O) groups excluding carboxylic acids is 1. The van der Waals surface area contributed by atoms with Crippen molar-refractivity contribution in [2.24, 2.45) is 0 Å². The van der Waals surface area contributed by atoms with Crippen molar-refractivity contribution in [1.29, 1.82) is 0 Å². The number of carbonyl (C=O) groups is 1. The summed E-state index contributed by atoms with van der Waals surface area (Å²) in [5.41, 5.74) is 3.81. The zero-order chi connectivity index (χ0) is 20.8. The van der Waals surface area contributed by atoms with Gasteiger partial charge in [-0.25, -0.2) is 0 Å². The van der Waals surface area contributed by atoms with Gasteiger partial charge in [-0.1, -0.05) is 51.8 Å². The number of unbranched alkanes of at least 4 members (excludes halogenated alkanes) is 1. The Labute approximate surface area is 173 Å². The van der Waals surface area contributed by atoms with Crippen LogP contribution in [0.2, 0.25) is 0 Å². The summed E-state index contributed by atoms with van der Waals surface area (Å²) < 4.78 is 11.2. The molecule has 2 aliphatic rings. The number of ether oxygens (including phenoxy) is 2. The Bertz CT molecular complexity index is 949. The molecule has 4 rings (SSSR count). The molecule has 2 aromatic carbocycles. The smallest absolute Gasteiger partial charge is 0.254 e. The Hall–Kier alpha value is -2.49. The average molecular weight is 394 g/mol. The first kappa shape index (κ1) is 19.8. The summed E-state index contributed by atoms with van der Waals surface area (Å²) in [6, 6.07) is 12.4. The maximum Gasteiger partial charge on any atom is 0.254 e. The molecule has 1 atom stereocenters. The minimum Gasteiger partial charge on any atom is -0.493 e. The van der Waals surface area contributed by atoms with E-state index >= 15 is 0 Å². The van der Waals surface area contributed by atoms with Crippen molar-refractivity contribution in [2.45, 2.75) is 57.4 Å². The van der Waals surface area contributed by atoms with Gasteiger partial charge in [0.2, 0.25) is 0 Å². The lowest BCUT2D eigenvalue weighted by Gasteiger charge is -2.60. The first-order chi connectivity index (χ1) is 13.9. The van der Waals surface area contributed by atoms with Gasteiger partial charge in [0.05, 0.1) is 19.8 Å². The van der Waals surface area contributed by atoms with Gasteiger partial charge >= 0.3 is 0 Å². The van der Waals surface area contributed by atoms with E-state index in [1.165, 1.54) is 11.1 Å². The van der Waals surface area contributed by atoms with Gasteiger partial charge in [0.1, 0.15) is 0 Å². The lowest BCUT2D eigenvalue weighted by Crippen LogP contribution is -2.65. The molecule has 0 fully saturated rings. The Morgan fingerprint density at radius 3 is 2.41 bits per heavy atom. The summed E-state index contributed by atoms with van der Waals surface area (Å²) in [7, 11) is 3.35. The summed E-state index contributed by atoms with van der Waals surface area (Å²) in [6.45, 7) is 7.53. The molecule has 29 heavy (non-hydrogen) atoms. The van der Waals surface area contributed by atoms with Crippen molar-refractivity contribution in [1.82, 2.24) is 4.90 Å². The highest BCUT2D eigenvalue weighted by molar-refractivity contribution is 5.99. The highest BCUT2D eigenvalue weighted by Gasteiger charge is 2.58. The molecule has 0 spiro atoms. The number of methoxy groups -OCH3 is 2. The zero-order valence-electron chi connectivity index (χ0n) is 18.2. The lowest BCUT2D eigenvalue weighted by atomic mass is 9.56. The average Bonchev–Trinajstić information content (AvgIpc) is 2.74. The predicted octanol–water partition coefficient (Wildman–Crippen LogP) is 5.08. The fourth-order valence-electron chi connectivity index (χ4n) is 5.63. The van der Waals surface area contributed by atoms with E-state index in [0.29, 0.717) is 0 Å². The Balaban J connectivity index is 2.04. The van der Waals surface area contributed by atoms with Crippen LogP contribution in [0.15, 0.2) is 36.4 Å². The second-order valence-electron chi connectivity index (χ2n) is 8.71. The molecule has 0 bridgehead atoms. The van der Waals surface area contributed by atoms with Crippen molar-refractivity contribution in [3.05, 3.63) is 58.7 Å². The molecule has 1 amide bonds. The van der Waals surface area contributed by atoms with E-state index in [0.717, 1.165) is 54.9 Å². The number of rotatable bonds is 5. The van der Waals surface area contributed by atoms with E-state index < -0.39 is 5.54 Å². The van der Waals surface area contributed by atoms with E-state index in [-0.39, 0.29) is 11.3 Å². The van der Waals surface area contributed by atoms with Crippen molar-refractivity contribution in [2.75, 3.05) is 20.8 Å². The third kappa shape index (κ3) is 2.61. The van der Waals surface area contributed by atoms with E-state index in [9.17, 15) is 4.79 Å². The fourth-order valence-corrected chi connectivity index (χ4v) is 5.63. The van der Waals surface area contributed by atoms with E-state index in [1.807, 2.05) is 12.1 Å². The van der Waals surface area contributed by atoms with Gasteiger partial charge in [0, 0.05) is 17.5 Å². The third-order valence-electron chi connectivity index (χ3n) is 7.12. The Morgan fingerprint density at radius 1 is 1.03 bits per heavy atom. The van der Waals surface area contributed by atoms with Crippen LogP contribution in [-0.2, 0) is 17.4 Å². The van der Waals surface area contributed by atoms with Gasteiger partial charge in [-0.15, -0.1) is 0 Å². The monoisotopic (exact) mass is 393 g/mol. The van der Waals surface area contributed by atoms with Crippen LogP contribution in [0.3, 0.4) is 0 Å². The third-order valence-corrected chi connectivity index (χ3v) is 7.12. The molecule has 0 N–H and O–H groups in total. The standard InChI is InChI=1S/C25H31NO3/c1-6-7-13-25-20-16-22(29-5)21(28-4)15-17(20)12-14-26(25)23(27)18-10-8-9-11-19(18)24(25,2)3/h8-11,15-16H,6-7,12-14H2,1-5H3. The van der Waals surface area contributed by atoms with Gasteiger partial charge in [-0.05, 0) is 47.7 Å². The number of fused-ring (bicyclic) bond motifs is 4. The van der Waals surface area contributed by atoms with Crippen LogP contribution in [0, 0.1) is 0 Å². The number of hydrogen-bond donors (Lipinski definition) is 0. The molecule has 2 aliphatic heterocycles. The van der Waals surface area contributed by atoms with Crippen LogP contribution < -0.4 is 9.47 Å². The van der Waals surface area contributed by atoms with E-state index in [4.69, 9.17) is 9.47 Å². The maximum atomic E-state index is 13.7. The van der Waals surface area contributed by atoms with Crippen LogP contribution in [0.5, 0.6) is 11.5 Å². The first-order valence-corrected chi connectivity index (χ1v) is 10.6. The van der Waals surface area contributed by atoms with Crippen molar-refractivity contribution in [3.63, 3.8) is 0 Å². The van der Waals surface area contributed by atoms with Crippen LogP contribution in [-0.4, -0.2) is 31.6 Å².